The number of hydrogen-bond donors (Lipinski definition) is 1. The van der Waals surface area contributed by atoms with Crippen LogP contribution in [0.15, 0.2) is 33.6 Å². The Morgan fingerprint density at radius 1 is 1.14 bits per heavy atom. The Labute approximate surface area is 139 Å². The third-order valence-electron chi connectivity index (χ3n) is 3.57. The lowest BCUT2D eigenvalue weighted by Gasteiger charge is -2.34. The van der Waals surface area contributed by atoms with Crippen LogP contribution >= 0.6 is 15.9 Å². The lowest BCUT2D eigenvalue weighted by atomic mass is 10.3. The van der Waals surface area contributed by atoms with Crippen LogP contribution in [0.4, 0.5) is 0 Å². The molecule has 1 aromatic rings. The zero-order valence-corrected chi connectivity index (χ0v) is 14.7. The molecule has 0 amide bonds. The molecule has 2 rings (SSSR count). The maximum Gasteiger partial charge on any atom is 0.244 e. The van der Waals surface area contributed by atoms with Gasteiger partial charge in [0.05, 0.1) is 24.7 Å². The summed E-state index contributed by atoms with van der Waals surface area (Å²) >= 11 is 3.31. The zero-order chi connectivity index (χ0) is 16.0. The second-order valence-corrected chi connectivity index (χ2v) is 7.77. The minimum Gasteiger partial charge on any atom is -0.394 e. The average molecular weight is 393 g/mol. The Bertz CT molecular complexity index is 574. The van der Waals surface area contributed by atoms with E-state index in [9.17, 15) is 8.42 Å². The molecular formula is C14H21BrN2O4S. The molecule has 0 radical (unpaired) electrons. The van der Waals surface area contributed by atoms with E-state index in [1.807, 2.05) is 0 Å². The van der Waals surface area contributed by atoms with E-state index >= 15 is 0 Å². The third-order valence-corrected chi connectivity index (χ3v) is 6.48. The smallest absolute Gasteiger partial charge is 0.244 e. The predicted octanol–water partition coefficient (Wildman–Crippen LogP) is 0.764. The summed E-state index contributed by atoms with van der Waals surface area (Å²) in [5, 5.41) is 8.64. The number of hydrogen-bond acceptors (Lipinski definition) is 5. The molecule has 1 heterocycles. The number of nitrogens with zero attached hydrogens (tertiary/aromatic N) is 2. The van der Waals surface area contributed by atoms with Crippen molar-refractivity contribution in [2.45, 2.75) is 4.90 Å². The van der Waals surface area contributed by atoms with E-state index in [1.54, 1.807) is 24.3 Å². The summed E-state index contributed by atoms with van der Waals surface area (Å²) in [4.78, 5) is 2.48. The molecule has 0 saturated carbocycles. The molecule has 1 N–H and O–H groups in total. The molecule has 1 saturated heterocycles. The summed E-state index contributed by atoms with van der Waals surface area (Å²) < 4.78 is 32.6. The Kier molecular flexibility index (Phi) is 6.79. The largest absolute Gasteiger partial charge is 0.394 e. The number of aliphatic hydroxyl groups excluding tert-OH is 1. The molecule has 1 aliphatic rings. The second-order valence-electron chi connectivity index (χ2n) is 5.01. The lowest BCUT2D eigenvalue weighted by Crippen LogP contribution is -2.49. The first-order valence-electron chi connectivity index (χ1n) is 7.21. The van der Waals surface area contributed by atoms with E-state index < -0.39 is 10.0 Å². The molecule has 0 bridgehead atoms. The van der Waals surface area contributed by atoms with Gasteiger partial charge in [0.1, 0.15) is 0 Å². The Morgan fingerprint density at radius 2 is 1.82 bits per heavy atom. The summed E-state index contributed by atoms with van der Waals surface area (Å²) in [7, 11) is -3.45. The van der Waals surface area contributed by atoms with Crippen molar-refractivity contribution in [3.05, 3.63) is 28.7 Å². The topological polar surface area (TPSA) is 70.1 Å². The van der Waals surface area contributed by atoms with Gasteiger partial charge < -0.3 is 9.84 Å². The van der Waals surface area contributed by atoms with E-state index in [0.29, 0.717) is 48.8 Å². The van der Waals surface area contributed by atoms with Crippen LogP contribution in [0, 0.1) is 0 Å². The molecule has 22 heavy (non-hydrogen) atoms. The minimum absolute atomic E-state index is 0.0258. The van der Waals surface area contributed by atoms with Gasteiger partial charge in [0.25, 0.3) is 0 Å². The van der Waals surface area contributed by atoms with Gasteiger partial charge in [0.2, 0.25) is 10.0 Å². The maximum absolute atomic E-state index is 12.6. The molecule has 1 aromatic carbocycles. The van der Waals surface area contributed by atoms with Gasteiger partial charge in [-0.15, -0.1) is 0 Å². The molecule has 1 aliphatic heterocycles. The fourth-order valence-corrected chi connectivity index (χ4v) is 4.73. The van der Waals surface area contributed by atoms with Gasteiger partial charge in [-0.3, -0.25) is 4.90 Å². The lowest BCUT2D eigenvalue weighted by molar-refractivity contribution is 0.0661. The van der Waals surface area contributed by atoms with Crippen LogP contribution in [0.2, 0.25) is 0 Å². The summed E-state index contributed by atoms with van der Waals surface area (Å²) in [5.41, 5.74) is 0. The van der Waals surface area contributed by atoms with Gasteiger partial charge in [-0.1, -0.05) is 12.1 Å². The minimum atomic E-state index is -3.45. The molecule has 8 heteroatoms. The highest BCUT2D eigenvalue weighted by Crippen LogP contribution is 2.25. The standard InChI is InChI=1S/C14H21BrN2O4S/c15-13-3-1-2-4-14(13)22(19,20)17-7-5-16(6-8-17)9-11-21-12-10-18/h1-4,18H,5-12H2. The van der Waals surface area contributed by atoms with E-state index in [4.69, 9.17) is 9.84 Å². The van der Waals surface area contributed by atoms with Gasteiger partial charge >= 0.3 is 0 Å². The molecule has 6 nitrogen and oxygen atoms in total. The highest BCUT2D eigenvalue weighted by atomic mass is 79.9. The van der Waals surface area contributed by atoms with Crippen molar-refractivity contribution in [2.75, 3.05) is 52.5 Å². The summed E-state index contributed by atoms with van der Waals surface area (Å²) in [6.07, 6.45) is 0. The van der Waals surface area contributed by atoms with Crippen molar-refractivity contribution >= 4 is 26.0 Å². The van der Waals surface area contributed by atoms with Crippen LogP contribution in [0.3, 0.4) is 0 Å². The average Bonchev–Trinajstić information content (AvgIpc) is 2.52. The molecular weight excluding hydrogens is 372 g/mol. The van der Waals surface area contributed by atoms with Gasteiger partial charge in [-0.2, -0.15) is 4.31 Å². The number of ether oxygens (including phenoxy) is 1. The number of piperazine rings is 1. The summed E-state index contributed by atoms with van der Waals surface area (Å²) in [6, 6.07) is 6.88. The molecule has 0 atom stereocenters. The number of halogens is 1. The van der Waals surface area contributed by atoms with E-state index in [2.05, 4.69) is 20.8 Å². The van der Waals surface area contributed by atoms with Crippen LogP contribution < -0.4 is 0 Å². The van der Waals surface area contributed by atoms with Gasteiger partial charge in [-0.25, -0.2) is 8.42 Å². The fraction of sp³-hybridized carbons (Fsp3) is 0.571. The molecule has 1 fully saturated rings. The monoisotopic (exact) mass is 392 g/mol. The van der Waals surface area contributed by atoms with Crippen LogP contribution in [0.5, 0.6) is 0 Å². The third kappa shape index (κ3) is 4.50. The van der Waals surface area contributed by atoms with Crippen LogP contribution in [-0.4, -0.2) is 75.3 Å². The molecule has 0 unspecified atom stereocenters. The zero-order valence-electron chi connectivity index (χ0n) is 12.3. The van der Waals surface area contributed by atoms with Gasteiger partial charge in [0, 0.05) is 37.2 Å². The first kappa shape index (κ1) is 17.8. The van der Waals surface area contributed by atoms with Crippen molar-refractivity contribution in [1.29, 1.82) is 0 Å². The quantitative estimate of drug-likeness (QED) is 0.693. The molecule has 0 aliphatic carbocycles. The molecule has 124 valence electrons. The van der Waals surface area contributed by atoms with Crippen molar-refractivity contribution in [3.63, 3.8) is 0 Å². The summed E-state index contributed by atoms with van der Waals surface area (Å²) in [5.74, 6) is 0. The fourth-order valence-electron chi connectivity index (χ4n) is 2.35. The van der Waals surface area contributed by atoms with Crippen molar-refractivity contribution in [1.82, 2.24) is 9.21 Å². The second kappa shape index (κ2) is 8.37. The van der Waals surface area contributed by atoms with Crippen molar-refractivity contribution in [2.24, 2.45) is 0 Å². The summed E-state index contributed by atoms with van der Waals surface area (Å²) in [6.45, 7) is 4.00. The maximum atomic E-state index is 12.6. The highest BCUT2D eigenvalue weighted by Gasteiger charge is 2.29. The Morgan fingerprint density at radius 3 is 2.45 bits per heavy atom. The van der Waals surface area contributed by atoms with E-state index in [1.165, 1.54) is 4.31 Å². The Balaban J connectivity index is 1.90. The predicted molar refractivity (Wildman–Crippen MR) is 87.2 cm³/mol. The van der Waals surface area contributed by atoms with Gasteiger partial charge in [0.15, 0.2) is 0 Å². The number of benzene rings is 1. The van der Waals surface area contributed by atoms with Crippen LogP contribution in [0.1, 0.15) is 0 Å². The normalized spacial score (nSPS) is 17.7. The van der Waals surface area contributed by atoms with Crippen molar-refractivity contribution < 1.29 is 18.3 Å². The first-order valence-corrected chi connectivity index (χ1v) is 9.44. The van der Waals surface area contributed by atoms with Gasteiger partial charge in [-0.05, 0) is 28.1 Å². The van der Waals surface area contributed by atoms with E-state index in [-0.39, 0.29) is 6.61 Å². The molecule has 0 aromatic heterocycles. The number of aliphatic hydroxyl groups is 1. The van der Waals surface area contributed by atoms with E-state index in [0.717, 1.165) is 6.54 Å². The number of sulfonamides is 1. The van der Waals surface area contributed by atoms with Crippen LogP contribution in [-0.2, 0) is 14.8 Å². The SMILES string of the molecule is O=S(=O)(c1ccccc1Br)N1CCN(CCOCCO)CC1. The Hall–Kier alpha value is -0.510. The van der Waals surface area contributed by atoms with Crippen LogP contribution in [0.25, 0.3) is 0 Å². The molecule has 0 spiro atoms. The number of rotatable bonds is 7. The first-order chi connectivity index (χ1) is 10.6. The van der Waals surface area contributed by atoms with Crippen molar-refractivity contribution in [3.8, 4) is 0 Å². The highest BCUT2D eigenvalue weighted by molar-refractivity contribution is 9.10.